The maximum absolute atomic E-state index is 6.19. The molecule has 3 atom stereocenters. The Bertz CT molecular complexity index is 330. The highest BCUT2D eigenvalue weighted by Gasteiger charge is 2.42. The number of hydrogen-bond donors (Lipinski definition) is 0. The van der Waals surface area contributed by atoms with Gasteiger partial charge in [0.1, 0.15) is 0 Å². The van der Waals surface area contributed by atoms with Gasteiger partial charge in [-0.2, -0.15) is 0 Å². The third kappa shape index (κ3) is 13.5. The number of ether oxygens (including phenoxy) is 6. The van der Waals surface area contributed by atoms with E-state index in [1.807, 2.05) is 62.3 Å². The summed E-state index contributed by atoms with van der Waals surface area (Å²) < 4.78 is 52.6. The minimum absolute atomic E-state index is 0.397. The highest BCUT2D eigenvalue weighted by Crippen LogP contribution is 2.16. The molecule has 0 aromatic rings. The van der Waals surface area contributed by atoms with Crippen molar-refractivity contribution in [3.63, 3.8) is 0 Å². The van der Waals surface area contributed by atoms with E-state index in [1.54, 1.807) is 0 Å². The van der Waals surface area contributed by atoms with Crippen molar-refractivity contribution in [2.75, 3.05) is 39.6 Å². The minimum atomic E-state index is -2.71. The number of rotatable bonds is 21. The second-order valence-corrected chi connectivity index (χ2v) is 8.04. The Balaban J connectivity index is 5.37. The SMILES string of the molecule is CCOC(OCC)C(C)[O][Al]([O]C(C)C(OCC)OCC)[O]C(C)C(OCC)OCC. The molecule has 0 aliphatic rings. The summed E-state index contributed by atoms with van der Waals surface area (Å²) in [5.74, 6) is 0. The monoisotopic (exact) mass is 468 g/mol. The van der Waals surface area contributed by atoms with Gasteiger partial charge in [-0.3, -0.25) is 0 Å². The van der Waals surface area contributed by atoms with Gasteiger partial charge < -0.3 is 39.8 Å². The molecule has 186 valence electrons. The lowest BCUT2D eigenvalue weighted by atomic mass is 10.4. The zero-order chi connectivity index (χ0) is 23.6. The summed E-state index contributed by atoms with van der Waals surface area (Å²) in [4.78, 5) is 0. The molecule has 3 unspecified atom stereocenters. The molecule has 31 heavy (non-hydrogen) atoms. The zero-order valence-electron chi connectivity index (χ0n) is 21.0. The summed E-state index contributed by atoms with van der Waals surface area (Å²) in [7, 11) is 0. The normalized spacial score (nSPS) is 15.1. The van der Waals surface area contributed by atoms with Crippen molar-refractivity contribution in [2.24, 2.45) is 0 Å². The average molecular weight is 469 g/mol. The smallest absolute Gasteiger partial charge is 0.448 e. The standard InChI is InChI=1S/3C7H15O3.Al/c3*1-4-9-7(6(3)8)10-5-2;/h3*6-7H,4-5H2,1-3H3;/q3*-1;+3. The Morgan fingerprint density at radius 2 is 0.613 bits per heavy atom. The van der Waals surface area contributed by atoms with Crippen LogP contribution in [0.5, 0.6) is 0 Å². The van der Waals surface area contributed by atoms with Crippen LogP contribution in [0.3, 0.4) is 0 Å². The fourth-order valence-electron chi connectivity index (χ4n) is 2.76. The molecule has 0 spiro atoms. The molecule has 0 amide bonds. The van der Waals surface area contributed by atoms with E-state index < -0.39 is 52.3 Å². The summed E-state index contributed by atoms with van der Waals surface area (Å²) in [5.41, 5.74) is 0. The summed E-state index contributed by atoms with van der Waals surface area (Å²) in [6, 6.07) is 0. The predicted molar refractivity (Wildman–Crippen MR) is 119 cm³/mol. The molecule has 0 bridgehead atoms. The first-order valence-corrected chi connectivity index (χ1v) is 12.9. The molecule has 0 heterocycles. The fraction of sp³-hybridized carbons (Fsp3) is 1.00. The topological polar surface area (TPSA) is 83.1 Å². The van der Waals surface area contributed by atoms with Crippen molar-refractivity contribution < 1.29 is 39.8 Å². The molecule has 9 nitrogen and oxygen atoms in total. The van der Waals surface area contributed by atoms with Gasteiger partial charge in [-0.15, -0.1) is 0 Å². The van der Waals surface area contributed by atoms with E-state index in [0.717, 1.165) is 0 Å². The molecular formula is C21H45AlO9. The summed E-state index contributed by atoms with van der Waals surface area (Å²) in [6.07, 6.45) is -2.75. The third-order valence-electron chi connectivity index (χ3n) is 4.11. The van der Waals surface area contributed by atoms with E-state index in [-0.39, 0.29) is 0 Å². The molecule has 0 radical (unpaired) electrons. The molecular weight excluding hydrogens is 423 g/mol. The lowest BCUT2D eigenvalue weighted by molar-refractivity contribution is -0.213. The Morgan fingerprint density at radius 3 is 0.774 bits per heavy atom. The molecule has 0 fully saturated rings. The maximum atomic E-state index is 6.19. The van der Waals surface area contributed by atoms with E-state index in [2.05, 4.69) is 0 Å². The predicted octanol–water partition coefficient (Wildman–Crippen LogP) is 3.38. The highest BCUT2D eigenvalue weighted by atomic mass is 27.3. The summed E-state index contributed by atoms with van der Waals surface area (Å²) in [5, 5.41) is 0. The first-order valence-electron chi connectivity index (χ1n) is 11.5. The molecule has 0 aromatic carbocycles. The molecule has 0 saturated carbocycles. The van der Waals surface area contributed by atoms with Crippen LogP contribution in [-0.2, 0) is 39.8 Å². The van der Waals surface area contributed by atoms with Crippen molar-refractivity contribution in [3.8, 4) is 0 Å². The van der Waals surface area contributed by atoms with Crippen LogP contribution in [0.1, 0.15) is 62.3 Å². The van der Waals surface area contributed by atoms with Crippen molar-refractivity contribution in [3.05, 3.63) is 0 Å². The maximum Gasteiger partial charge on any atom is 0.906 e. The van der Waals surface area contributed by atoms with E-state index >= 15 is 0 Å². The van der Waals surface area contributed by atoms with E-state index in [9.17, 15) is 0 Å². The Morgan fingerprint density at radius 1 is 0.419 bits per heavy atom. The average Bonchev–Trinajstić information content (AvgIpc) is 2.73. The molecule has 0 saturated heterocycles. The van der Waals surface area contributed by atoms with Crippen molar-refractivity contribution in [1.82, 2.24) is 0 Å². The number of hydrogen-bond acceptors (Lipinski definition) is 9. The van der Waals surface area contributed by atoms with Crippen LogP contribution in [0, 0.1) is 0 Å². The van der Waals surface area contributed by atoms with E-state index in [1.165, 1.54) is 0 Å². The van der Waals surface area contributed by atoms with Crippen molar-refractivity contribution in [2.45, 2.75) is 99.5 Å². The van der Waals surface area contributed by atoms with Crippen molar-refractivity contribution in [1.29, 1.82) is 0 Å². The second kappa shape index (κ2) is 19.6. The zero-order valence-corrected chi connectivity index (χ0v) is 22.1. The van der Waals surface area contributed by atoms with Gasteiger partial charge in [0.15, 0.2) is 18.9 Å². The van der Waals surface area contributed by atoms with Crippen LogP contribution in [-0.4, -0.2) is 92.0 Å². The van der Waals surface area contributed by atoms with Gasteiger partial charge in [-0.25, -0.2) is 0 Å². The fourth-order valence-corrected chi connectivity index (χ4v) is 4.39. The Kier molecular flexibility index (Phi) is 19.7. The van der Waals surface area contributed by atoms with Gasteiger partial charge >= 0.3 is 15.1 Å². The highest BCUT2D eigenvalue weighted by molar-refractivity contribution is 6.36. The van der Waals surface area contributed by atoms with Gasteiger partial charge in [0, 0.05) is 39.6 Å². The first-order chi connectivity index (χ1) is 14.9. The second-order valence-electron chi connectivity index (χ2n) is 6.65. The first kappa shape index (κ1) is 31.2. The van der Waals surface area contributed by atoms with Gasteiger partial charge in [-0.1, -0.05) is 0 Å². The van der Waals surface area contributed by atoms with Crippen LogP contribution in [0.25, 0.3) is 0 Å². The summed E-state index contributed by atoms with van der Waals surface area (Å²) >= 11 is -2.71. The minimum Gasteiger partial charge on any atom is -0.448 e. The summed E-state index contributed by atoms with van der Waals surface area (Å²) in [6.45, 7) is 20.1. The molecule has 0 rings (SSSR count). The molecule has 0 aliphatic heterocycles. The molecule has 0 aromatic heterocycles. The third-order valence-corrected chi connectivity index (χ3v) is 6.07. The Labute approximate surface area is 194 Å². The van der Waals surface area contributed by atoms with Gasteiger partial charge in [0.05, 0.1) is 18.3 Å². The van der Waals surface area contributed by atoms with E-state index in [0.29, 0.717) is 39.6 Å². The lowest BCUT2D eigenvalue weighted by Crippen LogP contribution is -2.47. The molecule has 10 heteroatoms. The molecule has 0 aliphatic carbocycles. The lowest BCUT2D eigenvalue weighted by Gasteiger charge is -2.32. The quantitative estimate of drug-likeness (QED) is 0.186. The van der Waals surface area contributed by atoms with Crippen LogP contribution < -0.4 is 0 Å². The Hall–Kier alpha value is 0.172. The van der Waals surface area contributed by atoms with Crippen LogP contribution >= 0.6 is 0 Å². The largest absolute Gasteiger partial charge is 0.906 e. The van der Waals surface area contributed by atoms with Gasteiger partial charge in [0.2, 0.25) is 0 Å². The van der Waals surface area contributed by atoms with Crippen LogP contribution in [0.2, 0.25) is 0 Å². The molecule has 0 N–H and O–H groups in total. The van der Waals surface area contributed by atoms with E-state index in [4.69, 9.17) is 39.8 Å². The van der Waals surface area contributed by atoms with Crippen LogP contribution in [0.15, 0.2) is 0 Å². The van der Waals surface area contributed by atoms with Crippen molar-refractivity contribution >= 4 is 15.1 Å². The van der Waals surface area contributed by atoms with Crippen LogP contribution in [0.4, 0.5) is 0 Å². The van der Waals surface area contributed by atoms with Gasteiger partial charge in [-0.05, 0) is 62.3 Å². The van der Waals surface area contributed by atoms with Gasteiger partial charge in [0.25, 0.3) is 0 Å².